The van der Waals surface area contributed by atoms with Gasteiger partial charge in [-0.25, -0.2) is 0 Å². The fourth-order valence-corrected chi connectivity index (χ4v) is 2.03. The minimum Gasteiger partial charge on any atom is -0.338 e. The molecule has 0 spiro atoms. The SMILES string of the molecule is Cc1cc(C(F)(F)F)n(CC(=O)N(C)Cc2ccnn2C)n1. The van der Waals surface area contributed by atoms with Crippen LogP contribution in [0, 0.1) is 6.92 Å². The molecule has 2 rings (SSSR count). The van der Waals surface area contributed by atoms with E-state index in [0.29, 0.717) is 4.68 Å². The van der Waals surface area contributed by atoms with E-state index in [1.807, 2.05) is 0 Å². The van der Waals surface area contributed by atoms with Crippen molar-refractivity contribution in [3.8, 4) is 0 Å². The zero-order chi connectivity index (χ0) is 16.5. The second-order valence-electron chi connectivity index (χ2n) is 5.02. The molecule has 0 saturated heterocycles. The van der Waals surface area contributed by atoms with Gasteiger partial charge in [0.1, 0.15) is 12.2 Å². The molecule has 0 aliphatic rings. The molecule has 2 aromatic rings. The highest BCUT2D eigenvalue weighted by Gasteiger charge is 2.36. The molecule has 2 heterocycles. The van der Waals surface area contributed by atoms with Gasteiger partial charge in [-0.1, -0.05) is 0 Å². The summed E-state index contributed by atoms with van der Waals surface area (Å²) in [6.45, 7) is 1.25. The van der Waals surface area contributed by atoms with Gasteiger partial charge in [-0.2, -0.15) is 23.4 Å². The fourth-order valence-electron chi connectivity index (χ4n) is 2.03. The van der Waals surface area contributed by atoms with Crippen LogP contribution in [0.4, 0.5) is 13.2 Å². The number of rotatable bonds is 4. The van der Waals surface area contributed by atoms with E-state index in [0.717, 1.165) is 11.8 Å². The maximum absolute atomic E-state index is 12.9. The fraction of sp³-hybridized carbons (Fsp3) is 0.462. The van der Waals surface area contributed by atoms with Gasteiger partial charge in [-0.05, 0) is 19.1 Å². The molecule has 1 amide bonds. The molecule has 0 N–H and O–H groups in total. The summed E-state index contributed by atoms with van der Waals surface area (Å²) in [6, 6.07) is 2.66. The molecule has 0 aliphatic carbocycles. The Labute approximate surface area is 125 Å². The van der Waals surface area contributed by atoms with E-state index in [1.54, 1.807) is 24.0 Å². The zero-order valence-electron chi connectivity index (χ0n) is 12.4. The van der Waals surface area contributed by atoms with Crippen LogP contribution in [0.5, 0.6) is 0 Å². The number of carbonyl (C=O) groups excluding carboxylic acids is 1. The minimum absolute atomic E-state index is 0.217. The molecule has 0 unspecified atom stereocenters. The van der Waals surface area contributed by atoms with Gasteiger partial charge < -0.3 is 4.90 Å². The van der Waals surface area contributed by atoms with Crippen molar-refractivity contribution in [2.45, 2.75) is 26.2 Å². The highest BCUT2D eigenvalue weighted by Crippen LogP contribution is 2.29. The van der Waals surface area contributed by atoms with Gasteiger partial charge in [-0.3, -0.25) is 14.2 Å². The van der Waals surface area contributed by atoms with Crippen molar-refractivity contribution in [2.24, 2.45) is 7.05 Å². The van der Waals surface area contributed by atoms with E-state index < -0.39 is 24.3 Å². The van der Waals surface area contributed by atoms with Crippen LogP contribution in [-0.2, 0) is 31.1 Å². The number of aryl methyl sites for hydroxylation is 2. The predicted molar refractivity (Wildman–Crippen MR) is 71.6 cm³/mol. The van der Waals surface area contributed by atoms with Crippen LogP contribution in [0.2, 0.25) is 0 Å². The topological polar surface area (TPSA) is 56.0 Å². The van der Waals surface area contributed by atoms with E-state index in [1.165, 1.54) is 18.9 Å². The van der Waals surface area contributed by atoms with Gasteiger partial charge in [0.05, 0.1) is 17.9 Å². The summed E-state index contributed by atoms with van der Waals surface area (Å²) in [5, 5.41) is 7.72. The Hall–Kier alpha value is -2.32. The molecule has 120 valence electrons. The molecule has 0 atom stereocenters. The standard InChI is InChI=1S/C13H16F3N5O/c1-9-6-11(13(14,15)16)21(18-9)8-12(22)19(2)7-10-4-5-17-20(10)3/h4-6H,7-8H2,1-3H3. The van der Waals surface area contributed by atoms with Crippen molar-refractivity contribution < 1.29 is 18.0 Å². The maximum Gasteiger partial charge on any atom is 0.433 e. The van der Waals surface area contributed by atoms with Crippen molar-refractivity contribution in [1.29, 1.82) is 0 Å². The van der Waals surface area contributed by atoms with Gasteiger partial charge in [0.2, 0.25) is 5.91 Å². The molecular weight excluding hydrogens is 299 g/mol. The second-order valence-corrected chi connectivity index (χ2v) is 5.02. The lowest BCUT2D eigenvalue weighted by atomic mass is 10.3. The molecule has 0 bridgehead atoms. The first-order valence-electron chi connectivity index (χ1n) is 6.51. The van der Waals surface area contributed by atoms with Crippen LogP contribution in [0.1, 0.15) is 17.1 Å². The van der Waals surface area contributed by atoms with Crippen molar-refractivity contribution in [1.82, 2.24) is 24.5 Å². The second kappa shape index (κ2) is 5.82. The lowest BCUT2D eigenvalue weighted by molar-refractivity contribution is -0.145. The number of likely N-dealkylation sites (N-methyl/N-ethyl adjacent to an activating group) is 1. The number of nitrogens with zero attached hydrogens (tertiary/aromatic N) is 5. The third-order valence-corrected chi connectivity index (χ3v) is 3.22. The number of hydrogen-bond acceptors (Lipinski definition) is 3. The van der Waals surface area contributed by atoms with Gasteiger partial charge in [0.15, 0.2) is 0 Å². The number of amides is 1. The summed E-state index contributed by atoms with van der Waals surface area (Å²) in [4.78, 5) is 13.4. The van der Waals surface area contributed by atoms with Crippen molar-refractivity contribution >= 4 is 5.91 Å². The summed E-state index contributed by atoms with van der Waals surface area (Å²) >= 11 is 0. The lowest BCUT2D eigenvalue weighted by Crippen LogP contribution is -2.32. The number of halogens is 3. The molecule has 0 saturated carbocycles. The quantitative estimate of drug-likeness (QED) is 0.861. The highest BCUT2D eigenvalue weighted by molar-refractivity contribution is 5.75. The van der Waals surface area contributed by atoms with Crippen molar-refractivity contribution in [3.05, 3.63) is 35.4 Å². The Morgan fingerprint density at radius 2 is 2.09 bits per heavy atom. The van der Waals surface area contributed by atoms with E-state index in [-0.39, 0.29) is 12.2 Å². The summed E-state index contributed by atoms with van der Waals surface area (Å²) in [5.74, 6) is -0.463. The largest absolute Gasteiger partial charge is 0.433 e. The Bertz CT molecular complexity index is 674. The molecule has 0 fully saturated rings. The lowest BCUT2D eigenvalue weighted by Gasteiger charge is -2.18. The van der Waals surface area contributed by atoms with Gasteiger partial charge in [-0.15, -0.1) is 0 Å². The summed E-state index contributed by atoms with van der Waals surface area (Å²) in [5.41, 5.74) is 0.0743. The molecule has 0 radical (unpaired) electrons. The number of aromatic nitrogens is 4. The van der Waals surface area contributed by atoms with Gasteiger partial charge in [0, 0.05) is 20.3 Å². The first-order chi connectivity index (χ1) is 10.2. The van der Waals surface area contributed by atoms with Crippen molar-refractivity contribution in [3.63, 3.8) is 0 Å². The van der Waals surface area contributed by atoms with E-state index in [2.05, 4.69) is 10.2 Å². The molecular formula is C13H16F3N5O. The van der Waals surface area contributed by atoms with E-state index >= 15 is 0 Å². The zero-order valence-corrected chi connectivity index (χ0v) is 12.4. The average Bonchev–Trinajstić information content (AvgIpc) is 2.95. The molecule has 0 aromatic carbocycles. The molecule has 2 aromatic heterocycles. The van der Waals surface area contributed by atoms with Crippen LogP contribution in [0.15, 0.2) is 18.3 Å². The Morgan fingerprint density at radius 1 is 1.41 bits per heavy atom. The third-order valence-electron chi connectivity index (χ3n) is 3.22. The minimum atomic E-state index is -4.54. The smallest absolute Gasteiger partial charge is 0.338 e. The number of carbonyl (C=O) groups is 1. The Morgan fingerprint density at radius 3 is 2.64 bits per heavy atom. The Kier molecular flexibility index (Phi) is 4.25. The monoisotopic (exact) mass is 315 g/mol. The van der Waals surface area contributed by atoms with Crippen LogP contribution in [0.3, 0.4) is 0 Å². The predicted octanol–water partition coefficient (Wildman–Crippen LogP) is 1.60. The van der Waals surface area contributed by atoms with Gasteiger partial charge in [0.25, 0.3) is 0 Å². The van der Waals surface area contributed by atoms with Crippen LogP contribution in [0.25, 0.3) is 0 Å². The molecule has 6 nitrogen and oxygen atoms in total. The number of alkyl halides is 3. The molecule has 9 heteroatoms. The Balaban J connectivity index is 2.10. The summed E-state index contributed by atoms with van der Waals surface area (Å²) < 4.78 is 40.9. The van der Waals surface area contributed by atoms with Crippen LogP contribution >= 0.6 is 0 Å². The normalized spacial score (nSPS) is 11.7. The molecule has 22 heavy (non-hydrogen) atoms. The van der Waals surface area contributed by atoms with Crippen molar-refractivity contribution in [2.75, 3.05) is 7.05 Å². The molecule has 0 aliphatic heterocycles. The van der Waals surface area contributed by atoms with Crippen LogP contribution < -0.4 is 0 Å². The van der Waals surface area contributed by atoms with Gasteiger partial charge >= 0.3 is 6.18 Å². The van der Waals surface area contributed by atoms with E-state index in [4.69, 9.17) is 0 Å². The highest BCUT2D eigenvalue weighted by atomic mass is 19.4. The first kappa shape index (κ1) is 16.1. The number of hydrogen-bond donors (Lipinski definition) is 0. The first-order valence-corrected chi connectivity index (χ1v) is 6.51. The summed E-state index contributed by atoms with van der Waals surface area (Å²) in [6.07, 6.45) is -2.95. The third kappa shape index (κ3) is 3.46. The average molecular weight is 315 g/mol. The summed E-state index contributed by atoms with van der Waals surface area (Å²) in [7, 11) is 3.26. The maximum atomic E-state index is 12.9. The van der Waals surface area contributed by atoms with Crippen LogP contribution in [-0.4, -0.2) is 37.4 Å². The van der Waals surface area contributed by atoms with E-state index in [9.17, 15) is 18.0 Å².